The van der Waals surface area contributed by atoms with Gasteiger partial charge in [-0.2, -0.15) is 5.10 Å². The summed E-state index contributed by atoms with van der Waals surface area (Å²) in [4.78, 5) is 14.1. The van der Waals surface area contributed by atoms with Crippen LogP contribution in [0, 0.1) is 0 Å². The van der Waals surface area contributed by atoms with Crippen LogP contribution >= 0.6 is 0 Å². The third-order valence-electron chi connectivity index (χ3n) is 5.69. The molecule has 4 rings (SSSR count). The van der Waals surface area contributed by atoms with E-state index in [0.717, 1.165) is 50.0 Å². The van der Waals surface area contributed by atoms with E-state index in [4.69, 9.17) is 9.47 Å². The zero-order valence-electron chi connectivity index (χ0n) is 17.7. The number of aromatic nitrogens is 2. The van der Waals surface area contributed by atoms with Gasteiger partial charge in [-0.3, -0.25) is 0 Å². The highest BCUT2D eigenvalue weighted by Crippen LogP contribution is 2.32. The van der Waals surface area contributed by atoms with E-state index in [1.165, 1.54) is 5.56 Å². The Morgan fingerprint density at radius 3 is 2.55 bits per heavy atom. The molecule has 0 spiro atoms. The predicted molar refractivity (Wildman–Crippen MR) is 111 cm³/mol. The maximum Gasteiger partial charge on any atom is 0.410 e. The molecule has 29 heavy (non-hydrogen) atoms. The first-order valence-electron chi connectivity index (χ1n) is 10.7. The van der Waals surface area contributed by atoms with E-state index in [1.807, 2.05) is 42.6 Å². The van der Waals surface area contributed by atoms with Crippen molar-refractivity contribution in [1.82, 2.24) is 19.8 Å². The molecule has 0 aliphatic carbocycles. The van der Waals surface area contributed by atoms with E-state index >= 15 is 0 Å². The van der Waals surface area contributed by atoms with Gasteiger partial charge in [-0.25, -0.2) is 9.31 Å². The SMILES string of the molecule is CC(C)(C)OC(=O)N1CCC(c2cnn3cc(OC4CCNCC4)ccc23)CC1. The molecule has 1 N–H and O–H groups in total. The molecule has 2 fully saturated rings. The Bertz CT molecular complexity index is 843. The van der Waals surface area contributed by atoms with E-state index in [0.29, 0.717) is 19.0 Å². The predicted octanol–water partition coefficient (Wildman–Crippen LogP) is 3.58. The van der Waals surface area contributed by atoms with Gasteiger partial charge in [0.1, 0.15) is 17.5 Å². The average molecular weight is 401 g/mol. The van der Waals surface area contributed by atoms with Gasteiger partial charge in [0.2, 0.25) is 0 Å². The number of nitrogens with one attached hydrogen (secondary N) is 1. The number of amides is 1. The summed E-state index contributed by atoms with van der Waals surface area (Å²) in [6, 6.07) is 4.16. The van der Waals surface area contributed by atoms with Gasteiger partial charge in [0.15, 0.2) is 0 Å². The van der Waals surface area contributed by atoms with Crippen LogP contribution in [0.3, 0.4) is 0 Å². The molecule has 0 radical (unpaired) electrons. The molecule has 2 aromatic rings. The molecular formula is C22H32N4O3. The lowest BCUT2D eigenvalue weighted by molar-refractivity contribution is 0.0205. The summed E-state index contributed by atoms with van der Waals surface area (Å²) in [6.07, 6.45) is 7.95. The molecule has 2 aliphatic rings. The van der Waals surface area contributed by atoms with Gasteiger partial charge in [0.25, 0.3) is 0 Å². The topological polar surface area (TPSA) is 68.1 Å². The average Bonchev–Trinajstić information content (AvgIpc) is 3.11. The monoisotopic (exact) mass is 400 g/mol. The van der Waals surface area contributed by atoms with Crippen molar-refractivity contribution in [2.24, 2.45) is 0 Å². The molecule has 0 atom stereocenters. The number of fused-ring (bicyclic) bond motifs is 1. The van der Waals surface area contributed by atoms with Gasteiger partial charge < -0.3 is 19.7 Å². The molecule has 2 aromatic heterocycles. The molecule has 0 bridgehead atoms. The first-order valence-corrected chi connectivity index (χ1v) is 10.7. The van der Waals surface area contributed by atoms with Gasteiger partial charge in [0, 0.05) is 18.7 Å². The van der Waals surface area contributed by atoms with Crippen molar-refractivity contribution in [2.45, 2.75) is 64.1 Å². The minimum absolute atomic E-state index is 0.212. The van der Waals surface area contributed by atoms with Crippen LogP contribution < -0.4 is 10.1 Å². The highest BCUT2D eigenvalue weighted by Gasteiger charge is 2.28. The summed E-state index contributed by atoms with van der Waals surface area (Å²) in [5.41, 5.74) is 1.92. The number of ether oxygens (including phenoxy) is 2. The zero-order chi connectivity index (χ0) is 20.4. The molecule has 0 aromatic carbocycles. The smallest absolute Gasteiger partial charge is 0.410 e. The fraction of sp³-hybridized carbons (Fsp3) is 0.636. The molecule has 158 valence electrons. The lowest BCUT2D eigenvalue weighted by Crippen LogP contribution is -2.41. The van der Waals surface area contributed by atoms with Crippen molar-refractivity contribution in [1.29, 1.82) is 0 Å². The third kappa shape index (κ3) is 4.83. The van der Waals surface area contributed by atoms with Crippen LogP contribution in [0.1, 0.15) is 57.9 Å². The maximum atomic E-state index is 12.3. The lowest BCUT2D eigenvalue weighted by atomic mass is 9.90. The summed E-state index contributed by atoms with van der Waals surface area (Å²) in [5, 5.41) is 7.93. The number of piperidine rings is 2. The summed E-state index contributed by atoms with van der Waals surface area (Å²) >= 11 is 0. The molecular weight excluding hydrogens is 368 g/mol. The van der Waals surface area contributed by atoms with Crippen molar-refractivity contribution in [3.63, 3.8) is 0 Å². The summed E-state index contributed by atoms with van der Waals surface area (Å²) in [7, 11) is 0. The minimum atomic E-state index is -0.454. The molecule has 0 saturated carbocycles. The van der Waals surface area contributed by atoms with Crippen molar-refractivity contribution in [2.75, 3.05) is 26.2 Å². The van der Waals surface area contributed by atoms with E-state index in [2.05, 4.69) is 22.5 Å². The second-order valence-corrected chi connectivity index (χ2v) is 9.10. The summed E-state index contributed by atoms with van der Waals surface area (Å²) in [5.74, 6) is 1.28. The zero-order valence-corrected chi connectivity index (χ0v) is 17.7. The number of nitrogens with zero attached hydrogens (tertiary/aromatic N) is 3. The number of hydrogen-bond donors (Lipinski definition) is 1. The van der Waals surface area contributed by atoms with Crippen LogP contribution in [0.2, 0.25) is 0 Å². The van der Waals surface area contributed by atoms with E-state index in [-0.39, 0.29) is 12.2 Å². The lowest BCUT2D eigenvalue weighted by Gasteiger charge is -2.33. The van der Waals surface area contributed by atoms with Crippen LogP contribution in [0.5, 0.6) is 5.75 Å². The fourth-order valence-corrected chi connectivity index (χ4v) is 4.17. The van der Waals surface area contributed by atoms with Crippen LogP contribution in [-0.4, -0.2) is 58.5 Å². The van der Waals surface area contributed by atoms with Crippen LogP contribution in [-0.2, 0) is 4.74 Å². The second kappa shape index (κ2) is 8.22. The van der Waals surface area contributed by atoms with Crippen LogP contribution in [0.25, 0.3) is 5.52 Å². The Morgan fingerprint density at radius 1 is 1.14 bits per heavy atom. The fourth-order valence-electron chi connectivity index (χ4n) is 4.17. The van der Waals surface area contributed by atoms with Crippen molar-refractivity contribution in [3.8, 4) is 5.75 Å². The Morgan fingerprint density at radius 2 is 1.86 bits per heavy atom. The van der Waals surface area contributed by atoms with Crippen LogP contribution in [0.15, 0.2) is 24.5 Å². The molecule has 4 heterocycles. The molecule has 7 nitrogen and oxygen atoms in total. The first-order chi connectivity index (χ1) is 13.9. The Kier molecular flexibility index (Phi) is 5.67. The quantitative estimate of drug-likeness (QED) is 0.853. The van der Waals surface area contributed by atoms with Gasteiger partial charge in [-0.15, -0.1) is 0 Å². The van der Waals surface area contributed by atoms with Crippen molar-refractivity contribution < 1.29 is 14.3 Å². The van der Waals surface area contributed by atoms with Crippen molar-refractivity contribution >= 4 is 11.6 Å². The Balaban J connectivity index is 1.39. The van der Waals surface area contributed by atoms with Gasteiger partial charge in [0.05, 0.1) is 17.9 Å². The Labute approximate surface area is 172 Å². The van der Waals surface area contributed by atoms with Gasteiger partial charge in [-0.1, -0.05) is 0 Å². The number of carbonyl (C=O) groups excluding carboxylic acids is 1. The van der Waals surface area contributed by atoms with Crippen molar-refractivity contribution in [3.05, 3.63) is 30.1 Å². The largest absolute Gasteiger partial charge is 0.489 e. The van der Waals surface area contributed by atoms with E-state index < -0.39 is 5.60 Å². The van der Waals surface area contributed by atoms with Crippen LogP contribution in [0.4, 0.5) is 4.79 Å². The number of rotatable bonds is 3. The molecule has 1 amide bonds. The highest BCUT2D eigenvalue weighted by molar-refractivity contribution is 5.68. The number of hydrogen-bond acceptors (Lipinski definition) is 5. The van der Waals surface area contributed by atoms with Gasteiger partial charge in [-0.05, 0) is 77.6 Å². The maximum absolute atomic E-state index is 12.3. The molecule has 2 aliphatic heterocycles. The first kappa shape index (κ1) is 20.0. The van der Waals surface area contributed by atoms with E-state index in [1.54, 1.807) is 0 Å². The minimum Gasteiger partial charge on any atom is -0.489 e. The number of likely N-dealkylation sites (tertiary alicyclic amines) is 1. The number of pyridine rings is 1. The normalized spacial score (nSPS) is 19.5. The summed E-state index contributed by atoms with van der Waals surface area (Å²) < 4.78 is 13.6. The molecule has 7 heteroatoms. The number of carbonyl (C=O) groups is 1. The molecule has 2 saturated heterocycles. The molecule has 0 unspecified atom stereocenters. The highest BCUT2D eigenvalue weighted by atomic mass is 16.6. The third-order valence-corrected chi connectivity index (χ3v) is 5.69. The Hall–Kier alpha value is -2.28. The van der Waals surface area contributed by atoms with E-state index in [9.17, 15) is 4.79 Å². The summed E-state index contributed by atoms with van der Waals surface area (Å²) in [6.45, 7) is 9.17. The second-order valence-electron chi connectivity index (χ2n) is 9.10. The standard InChI is InChI=1S/C22H32N4O3/c1-22(2,3)29-21(27)25-12-8-16(9-13-25)19-14-24-26-15-18(4-5-20(19)26)28-17-6-10-23-11-7-17/h4-5,14-17,23H,6-13H2,1-3H3. The van der Waals surface area contributed by atoms with Gasteiger partial charge >= 0.3 is 6.09 Å².